The molecule has 1 aliphatic carbocycles. The van der Waals surface area contributed by atoms with E-state index in [1.54, 1.807) is 0 Å². The first-order valence-corrected chi connectivity index (χ1v) is 19.3. The Balaban J connectivity index is 1.47. The lowest BCUT2D eigenvalue weighted by molar-refractivity contribution is 0.390. The van der Waals surface area contributed by atoms with Crippen LogP contribution in [-0.4, -0.2) is 34.7 Å². The van der Waals surface area contributed by atoms with Crippen LogP contribution in [0.2, 0.25) is 0 Å². The van der Waals surface area contributed by atoms with Crippen molar-refractivity contribution in [3.63, 3.8) is 0 Å². The molecule has 0 saturated heterocycles. The molecule has 2 aromatic rings. The summed E-state index contributed by atoms with van der Waals surface area (Å²) in [6.07, 6.45) is 34.1. The standard InChI is InChI=1S/C42H66N2O2/c1-3-5-7-9-11-13-14-16-18-20-24-36-28-30-42(46)38(32-36)34-44-40-26-22-21-25-39(40)43-33-37-31-35(27-29-41(37)45)23-19-17-15-12-10-8-6-4-2/h27-34,39-40,45-46H,3-26H2,1-2H3/t39-,40?/m0/s1. The maximum atomic E-state index is 10.6. The van der Waals surface area contributed by atoms with Crippen molar-refractivity contribution in [1.82, 2.24) is 0 Å². The first kappa shape index (κ1) is 37.8. The number of hydrogen-bond acceptors (Lipinski definition) is 4. The summed E-state index contributed by atoms with van der Waals surface area (Å²) in [5.74, 6) is 0.591. The van der Waals surface area contributed by atoms with Crippen molar-refractivity contribution in [3.05, 3.63) is 58.7 Å². The lowest BCUT2D eigenvalue weighted by Gasteiger charge is -2.25. The molecule has 1 aliphatic rings. The van der Waals surface area contributed by atoms with Crippen LogP contribution in [-0.2, 0) is 12.8 Å². The van der Waals surface area contributed by atoms with Crippen LogP contribution in [0, 0.1) is 0 Å². The Labute approximate surface area is 282 Å². The molecule has 0 radical (unpaired) electrons. The molecule has 46 heavy (non-hydrogen) atoms. The number of rotatable bonds is 24. The zero-order chi connectivity index (χ0) is 32.7. The lowest BCUT2D eigenvalue weighted by Crippen LogP contribution is -2.27. The number of unbranched alkanes of at least 4 members (excludes halogenated alkanes) is 16. The number of phenolic OH excluding ortho intramolecular Hbond substituents is 2. The van der Waals surface area contributed by atoms with E-state index in [4.69, 9.17) is 9.98 Å². The number of hydrogen-bond donors (Lipinski definition) is 2. The largest absolute Gasteiger partial charge is 0.507 e. The summed E-state index contributed by atoms with van der Waals surface area (Å²) in [7, 11) is 0. The van der Waals surface area contributed by atoms with E-state index < -0.39 is 0 Å². The lowest BCUT2D eigenvalue weighted by atomic mass is 9.91. The van der Waals surface area contributed by atoms with Crippen LogP contribution in [0.25, 0.3) is 0 Å². The van der Waals surface area contributed by atoms with Crippen LogP contribution in [0.4, 0.5) is 0 Å². The minimum atomic E-state index is 0.0951. The summed E-state index contributed by atoms with van der Waals surface area (Å²) in [6, 6.07) is 12.2. The van der Waals surface area contributed by atoms with Crippen molar-refractivity contribution >= 4 is 12.4 Å². The fraction of sp³-hybridized carbons (Fsp3) is 0.667. The number of aliphatic imine (C=N–C) groups is 2. The zero-order valence-electron chi connectivity index (χ0n) is 29.5. The summed E-state index contributed by atoms with van der Waals surface area (Å²) in [6.45, 7) is 4.55. The second-order valence-electron chi connectivity index (χ2n) is 13.9. The van der Waals surface area contributed by atoms with E-state index >= 15 is 0 Å². The van der Waals surface area contributed by atoms with Crippen molar-refractivity contribution in [2.24, 2.45) is 9.98 Å². The van der Waals surface area contributed by atoms with Crippen molar-refractivity contribution in [2.75, 3.05) is 0 Å². The third kappa shape index (κ3) is 15.3. The Morgan fingerprint density at radius 1 is 0.522 bits per heavy atom. The van der Waals surface area contributed by atoms with Gasteiger partial charge < -0.3 is 10.2 Å². The third-order valence-corrected chi connectivity index (χ3v) is 9.83. The van der Waals surface area contributed by atoms with Gasteiger partial charge in [-0.15, -0.1) is 0 Å². The monoisotopic (exact) mass is 631 g/mol. The Morgan fingerprint density at radius 2 is 0.870 bits per heavy atom. The molecule has 0 aliphatic heterocycles. The first-order chi connectivity index (χ1) is 22.6. The average Bonchev–Trinajstić information content (AvgIpc) is 3.07. The van der Waals surface area contributed by atoms with Gasteiger partial charge in [-0.1, -0.05) is 142 Å². The Hall–Kier alpha value is -2.62. The summed E-state index contributed by atoms with van der Waals surface area (Å²) in [5.41, 5.74) is 4.17. The highest BCUT2D eigenvalue weighted by atomic mass is 16.3. The van der Waals surface area contributed by atoms with E-state index in [0.29, 0.717) is 11.5 Å². The molecule has 2 atom stereocenters. The second kappa shape index (κ2) is 23.7. The third-order valence-electron chi connectivity index (χ3n) is 9.83. The Kier molecular flexibility index (Phi) is 19.5. The molecule has 2 N–H and O–H groups in total. The maximum absolute atomic E-state index is 10.6. The minimum absolute atomic E-state index is 0.0951. The molecule has 0 spiro atoms. The van der Waals surface area contributed by atoms with Gasteiger partial charge in [0.05, 0.1) is 12.1 Å². The predicted octanol–water partition coefficient (Wildman–Crippen LogP) is 12.1. The highest BCUT2D eigenvalue weighted by Gasteiger charge is 2.23. The van der Waals surface area contributed by atoms with E-state index in [9.17, 15) is 10.2 Å². The van der Waals surface area contributed by atoms with E-state index in [-0.39, 0.29) is 12.1 Å². The number of benzene rings is 2. The summed E-state index contributed by atoms with van der Waals surface area (Å²) in [4.78, 5) is 9.93. The maximum Gasteiger partial charge on any atom is 0.124 e. The minimum Gasteiger partial charge on any atom is -0.507 e. The smallest absolute Gasteiger partial charge is 0.124 e. The number of phenols is 2. The van der Waals surface area contributed by atoms with Crippen molar-refractivity contribution in [1.29, 1.82) is 0 Å². The van der Waals surface area contributed by atoms with Gasteiger partial charge in [0, 0.05) is 23.6 Å². The number of aryl methyl sites for hydroxylation is 2. The van der Waals surface area contributed by atoms with Gasteiger partial charge in [-0.3, -0.25) is 9.98 Å². The molecule has 1 unspecified atom stereocenters. The van der Waals surface area contributed by atoms with Gasteiger partial charge in [0.2, 0.25) is 0 Å². The molecule has 3 rings (SSSR count). The molecular formula is C42H66N2O2. The van der Waals surface area contributed by atoms with Crippen LogP contribution < -0.4 is 0 Å². The van der Waals surface area contributed by atoms with Crippen molar-refractivity contribution in [2.45, 2.75) is 180 Å². The molecule has 2 aromatic carbocycles. The van der Waals surface area contributed by atoms with Crippen LogP contribution >= 0.6 is 0 Å². The molecule has 0 aromatic heterocycles. The molecule has 0 heterocycles. The summed E-state index contributed by atoms with van der Waals surface area (Å²) in [5, 5.41) is 21.1. The van der Waals surface area contributed by atoms with Gasteiger partial charge in [0.1, 0.15) is 11.5 Å². The SMILES string of the molecule is CCCCCCCCCCCCc1ccc(O)c(C=NC2CCCC[C@@H]2N=Cc2cc(CCCCCCCCCC)ccc2O)c1. The fourth-order valence-electron chi connectivity index (χ4n) is 6.80. The molecular weight excluding hydrogens is 564 g/mol. The van der Waals surface area contributed by atoms with Crippen molar-refractivity contribution in [3.8, 4) is 11.5 Å². The van der Waals surface area contributed by atoms with Gasteiger partial charge in [0.25, 0.3) is 0 Å². The summed E-state index contributed by atoms with van der Waals surface area (Å²) < 4.78 is 0. The topological polar surface area (TPSA) is 65.2 Å². The highest BCUT2D eigenvalue weighted by molar-refractivity contribution is 5.84. The van der Waals surface area contributed by atoms with Gasteiger partial charge in [-0.25, -0.2) is 0 Å². The zero-order valence-corrected chi connectivity index (χ0v) is 29.5. The molecule has 1 fully saturated rings. The van der Waals surface area contributed by atoms with Gasteiger partial charge in [0.15, 0.2) is 0 Å². The molecule has 1 saturated carbocycles. The van der Waals surface area contributed by atoms with E-state index in [0.717, 1.165) is 49.7 Å². The van der Waals surface area contributed by atoms with Gasteiger partial charge in [-0.05, 0) is 73.9 Å². The van der Waals surface area contributed by atoms with E-state index in [2.05, 4.69) is 38.1 Å². The van der Waals surface area contributed by atoms with E-state index in [1.165, 1.54) is 127 Å². The molecule has 0 bridgehead atoms. The number of nitrogens with zero attached hydrogens (tertiary/aromatic N) is 2. The van der Waals surface area contributed by atoms with Crippen LogP contribution in [0.3, 0.4) is 0 Å². The summed E-state index contributed by atoms with van der Waals surface area (Å²) >= 11 is 0. The Bertz CT molecular complexity index is 1140. The molecule has 4 heteroatoms. The first-order valence-electron chi connectivity index (χ1n) is 19.3. The molecule has 256 valence electrons. The normalized spacial score (nSPS) is 17.0. The molecule has 0 amide bonds. The highest BCUT2D eigenvalue weighted by Crippen LogP contribution is 2.26. The van der Waals surface area contributed by atoms with Gasteiger partial charge >= 0.3 is 0 Å². The predicted molar refractivity (Wildman–Crippen MR) is 199 cm³/mol. The number of aromatic hydroxyl groups is 2. The van der Waals surface area contributed by atoms with Crippen LogP contribution in [0.1, 0.15) is 177 Å². The van der Waals surface area contributed by atoms with Crippen LogP contribution in [0.15, 0.2) is 46.4 Å². The molecule has 4 nitrogen and oxygen atoms in total. The van der Waals surface area contributed by atoms with E-state index in [1.807, 2.05) is 24.6 Å². The Morgan fingerprint density at radius 3 is 1.24 bits per heavy atom. The fourth-order valence-corrected chi connectivity index (χ4v) is 6.80. The second-order valence-corrected chi connectivity index (χ2v) is 13.9. The average molecular weight is 631 g/mol. The quantitative estimate of drug-likeness (QED) is 0.0895. The van der Waals surface area contributed by atoms with Crippen molar-refractivity contribution < 1.29 is 10.2 Å². The van der Waals surface area contributed by atoms with Crippen LogP contribution in [0.5, 0.6) is 11.5 Å². The van der Waals surface area contributed by atoms with Gasteiger partial charge in [-0.2, -0.15) is 0 Å².